The van der Waals surface area contributed by atoms with Gasteiger partial charge in [0.2, 0.25) is 0 Å². The molecule has 1 aliphatic rings. The maximum atomic E-state index is 5.66. The highest BCUT2D eigenvalue weighted by Gasteiger charge is 2.23. The molecule has 5 heteroatoms. The molecule has 0 radical (unpaired) electrons. The number of anilines is 2. The topological polar surface area (TPSA) is 67.1 Å². The van der Waals surface area contributed by atoms with Crippen molar-refractivity contribution in [3.8, 4) is 0 Å². The first-order valence-electron chi connectivity index (χ1n) is 8.04. The van der Waals surface area contributed by atoms with E-state index in [0.29, 0.717) is 0 Å². The van der Waals surface area contributed by atoms with Crippen molar-refractivity contribution < 1.29 is 0 Å². The molecular weight excluding hydrogens is 262 g/mol. The number of nitrogens with zero attached hydrogens (tertiary/aromatic N) is 3. The van der Waals surface area contributed by atoms with Gasteiger partial charge in [0.15, 0.2) is 0 Å². The summed E-state index contributed by atoms with van der Waals surface area (Å²) >= 11 is 0. The van der Waals surface area contributed by atoms with E-state index in [1.807, 2.05) is 0 Å². The van der Waals surface area contributed by atoms with Crippen molar-refractivity contribution in [3.63, 3.8) is 0 Å². The van der Waals surface area contributed by atoms with Crippen molar-refractivity contribution in [3.05, 3.63) is 11.4 Å². The zero-order valence-electron chi connectivity index (χ0n) is 13.9. The molecule has 2 heterocycles. The van der Waals surface area contributed by atoms with Crippen molar-refractivity contribution in [2.75, 3.05) is 23.4 Å². The fraction of sp³-hybridized carbons (Fsp3) is 0.750. The van der Waals surface area contributed by atoms with E-state index < -0.39 is 0 Å². The lowest BCUT2D eigenvalue weighted by atomic mass is 9.95. The summed E-state index contributed by atoms with van der Waals surface area (Å²) in [7, 11) is 0. The lowest BCUT2D eigenvalue weighted by molar-refractivity contribution is 0.532. The Bertz CT molecular complexity index is 470. The van der Waals surface area contributed by atoms with Gasteiger partial charge in [-0.2, -0.15) is 0 Å². The lowest BCUT2D eigenvalue weighted by Crippen LogP contribution is -2.31. The van der Waals surface area contributed by atoms with Gasteiger partial charge in [-0.1, -0.05) is 40.0 Å². The molecule has 0 saturated carbocycles. The van der Waals surface area contributed by atoms with E-state index in [-0.39, 0.29) is 5.41 Å². The smallest absolute Gasteiger partial charge is 0.148 e. The van der Waals surface area contributed by atoms with Crippen LogP contribution in [-0.2, 0) is 5.41 Å². The van der Waals surface area contributed by atoms with Crippen LogP contribution >= 0.6 is 0 Å². The summed E-state index contributed by atoms with van der Waals surface area (Å²) in [6.07, 6.45) is 6.46. The predicted molar refractivity (Wildman–Crippen MR) is 88.6 cm³/mol. The molecule has 0 aliphatic carbocycles. The largest absolute Gasteiger partial charge is 0.356 e. The third-order valence-electron chi connectivity index (χ3n) is 4.08. The number of nitrogens with two attached hydrogens (primary N) is 1. The Labute approximate surface area is 128 Å². The van der Waals surface area contributed by atoms with Gasteiger partial charge >= 0.3 is 0 Å². The molecule has 21 heavy (non-hydrogen) atoms. The summed E-state index contributed by atoms with van der Waals surface area (Å²) in [6.45, 7) is 10.6. The zero-order valence-corrected chi connectivity index (χ0v) is 13.9. The minimum Gasteiger partial charge on any atom is -0.356 e. The van der Waals surface area contributed by atoms with Crippen molar-refractivity contribution in [1.29, 1.82) is 0 Å². The molecule has 0 amide bonds. The maximum Gasteiger partial charge on any atom is 0.148 e. The standard InChI is InChI=1S/C16H29N5/c1-12-13(20-17)18-15(16(2,3)4)19-14(12)21-10-8-6-5-7-9-11-21/h5-11,17H2,1-4H3,(H,18,19,20). The summed E-state index contributed by atoms with van der Waals surface area (Å²) in [5, 5.41) is 0. The third kappa shape index (κ3) is 3.84. The molecule has 0 bridgehead atoms. The Morgan fingerprint density at radius 2 is 1.57 bits per heavy atom. The number of hydrogen-bond acceptors (Lipinski definition) is 5. The van der Waals surface area contributed by atoms with Crippen LogP contribution in [0.3, 0.4) is 0 Å². The van der Waals surface area contributed by atoms with Gasteiger partial charge in [0.05, 0.1) is 0 Å². The summed E-state index contributed by atoms with van der Waals surface area (Å²) in [4.78, 5) is 11.9. The molecule has 2 rings (SSSR count). The first kappa shape index (κ1) is 16.0. The number of hydrazine groups is 1. The van der Waals surface area contributed by atoms with E-state index in [2.05, 4.69) is 43.0 Å². The second-order valence-corrected chi connectivity index (χ2v) is 6.99. The fourth-order valence-electron chi connectivity index (χ4n) is 2.75. The highest BCUT2D eigenvalue weighted by Crippen LogP contribution is 2.29. The normalized spacial score (nSPS) is 17.3. The van der Waals surface area contributed by atoms with E-state index in [0.717, 1.165) is 36.1 Å². The Hall–Kier alpha value is -1.36. The van der Waals surface area contributed by atoms with Crippen LogP contribution in [0.2, 0.25) is 0 Å². The predicted octanol–water partition coefficient (Wildman–Crippen LogP) is 3.14. The van der Waals surface area contributed by atoms with Gasteiger partial charge in [-0.25, -0.2) is 15.8 Å². The van der Waals surface area contributed by atoms with E-state index in [1.54, 1.807) is 0 Å². The first-order valence-corrected chi connectivity index (χ1v) is 8.04. The van der Waals surface area contributed by atoms with Crippen LogP contribution in [-0.4, -0.2) is 23.1 Å². The molecule has 0 unspecified atom stereocenters. The van der Waals surface area contributed by atoms with E-state index in [4.69, 9.17) is 10.8 Å². The second kappa shape index (κ2) is 6.60. The molecular formula is C16H29N5. The van der Waals surface area contributed by atoms with Gasteiger partial charge in [0.1, 0.15) is 17.5 Å². The Morgan fingerprint density at radius 3 is 2.10 bits per heavy atom. The lowest BCUT2D eigenvalue weighted by Gasteiger charge is -2.29. The molecule has 1 saturated heterocycles. The second-order valence-electron chi connectivity index (χ2n) is 6.99. The number of aromatic nitrogens is 2. The van der Waals surface area contributed by atoms with Gasteiger partial charge in [-0.3, -0.25) is 0 Å². The summed E-state index contributed by atoms with van der Waals surface area (Å²) in [6, 6.07) is 0. The molecule has 0 aromatic carbocycles. The van der Waals surface area contributed by atoms with Gasteiger partial charge in [-0.05, 0) is 19.8 Å². The van der Waals surface area contributed by atoms with Gasteiger partial charge in [0, 0.05) is 24.1 Å². The van der Waals surface area contributed by atoms with Gasteiger partial charge in [0.25, 0.3) is 0 Å². The van der Waals surface area contributed by atoms with Crippen LogP contribution < -0.4 is 16.2 Å². The monoisotopic (exact) mass is 291 g/mol. The first-order chi connectivity index (χ1) is 9.93. The van der Waals surface area contributed by atoms with Crippen molar-refractivity contribution in [2.24, 2.45) is 5.84 Å². The Morgan fingerprint density at radius 1 is 1.00 bits per heavy atom. The molecule has 3 N–H and O–H groups in total. The molecule has 1 aliphatic heterocycles. The van der Waals surface area contributed by atoms with Gasteiger partial charge < -0.3 is 10.3 Å². The Kier molecular flexibility index (Phi) is 5.04. The third-order valence-corrected chi connectivity index (χ3v) is 4.08. The van der Waals surface area contributed by atoms with Gasteiger partial charge in [-0.15, -0.1) is 0 Å². The van der Waals surface area contributed by atoms with Crippen LogP contribution in [0.1, 0.15) is 64.3 Å². The van der Waals surface area contributed by atoms with Crippen LogP contribution in [0.15, 0.2) is 0 Å². The SMILES string of the molecule is Cc1c(NN)nc(C(C)(C)C)nc1N1CCCCCCC1. The number of nitrogens with one attached hydrogen (secondary N) is 1. The quantitative estimate of drug-likeness (QED) is 0.647. The number of hydrogen-bond donors (Lipinski definition) is 2. The highest BCUT2D eigenvalue weighted by atomic mass is 15.3. The minimum atomic E-state index is -0.0865. The molecule has 1 aromatic heterocycles. The van der Waals surface area contributed by atoms with Crippen LogP contribution in [0.25, 0.3) is 0 Å². The van der Waals surface area contributed by atoms with E-state index in [1.165, 1.54) is 32.1 Å². The molecule has 118 valence electrons. The number of rotatable bonds is 2. The van der Waals surface area contributed by atoms with E-state index >= 15 is 0 Å². The average Bonchev–Trinajstić information content (AvgIpc) is 2.38. The number of nitrogen functional groups attached to an aromatic ring is 1. The summed E-state index contributed by atoms with van der Waals surface area (Å²) in [5.41, 5.74) is 3.70. The van der Waals surface area contributed by atoms with Crippen molar-refractivity contribution in [2.45, 2.75) is 65.2 Å². The fourth-order valence-corrected chi connectivity index (χ4v) is 2.75. The molecule has 0 atom stereocenters. The molecule has 0 spiro atoms. The van der Waals surface area contributed by atoms with Crippen LogP contribution in [0.4, 0.5) is 11.6 Å². The van der Waals surface area contributed by atoms with Crippen LogP contribution in [0.5, 0.6) is 0 Å². The summed E-state index contributed by atoms with van der Waals surface area (Å²) < 4.78 is 0. The average molecular weight is 291 g/mol. The van der Waals surface area contributed by atoms with Crippen molar-refractivity contribution >= 4 is 11.6 Å². The maximum absolute atomic E-state index is 5.66. The van der Waals surface area contributed by atoms with Crippen molar-refractivity contribution in [1.82, 2.24) is 9.97 Å². The molecule has 1 fully saturated rings. The molecule has 5 nitrogen and oxygen atoms in total. The van der Waals surface area contributed by atoms with Crippen LogP contribution in [0, 0.1) is 6.92 Å². The minimum absolute atomic E-state index is 0.0865. The summed E-state index contributed by atoms with van der Waals surface area (Å²) in [5.74, 6) is 8.29. The highest BCUT2D eigenvalue weighted by molar-refractivity contribution is 5.58. The zero-order chi connectivity index (χ0) is 15.5. The Balaban J connectivity index is 2.40. The molecule has 1 aromatic rings. The van der Waals surface area contributed by atoms with E-state index in [9.17, 15) is 0 Å².